The molecule has 1 spiro atoms. The highest BCUT2D eigenvalue weighted by molar-refractivity contribution is 6.08. The van der Waals surface area contributed by atoms with Gasteiger partial charge in [-0.25, -0.2) is 5.06 Å². The first kappa shape index (κ1) is 22.1. The van der Waals surface area contributed by atoms with Gasteiger partial charge in [-0.05, 0) is 29.8 Å². The Bertz CT molecular complexity index is 1170. The molecule has 3 aromatic carbocycles. The molecule has 0 amide bonds. The third-order valence-electron chi connectivity index (χ3n) is 7.02. The lowest BCUT2D eigenvalue weighted by Gasteiger charge is -2.38. The minimum absolute atomic E-state index is 0.0243. The fourth-order valence-corrected chi connectivity index (χ4v) is 5.27. The summed E-state index contributed by atoms with van der Waals surface area (Å²) in [5.41, 5.74) is 3.19. The Morgan fingerprint density at radius 1 is 0.886 bits per heavy atom. The summed E-state index contributed by atoms with van der Waals surface area (Å²) in [5.74, 6) is 0.806. The van der Waals surface area contributed by atoms with Crippen molar-refractivity contribution in [3.63, 3.8) is 0 Å². The van der Waals surface area contributed by atoms with Gasteiger partial charge in [0.25, 0.3) is 0 Å². The Labute approximate surface area is 205 Å². The standard InChI is InChI=1S/C28H29N3O4/c1-32-24-14-12-23(13-15-24)31-25(21-8-4-2-5-9-21)20-28(35-31)26(22-10-6-3-7-11-22)29-34-27(28)30-16-18-33-19-17-30/h2-15,25,27H,16-20H2,1H3/t25-,27+,28+/m1/s1. The Hall–Kier alpha value is -3.39. The summed E-state index contributed by atoms with van der Waals surface area (Å²) in [6, 6.07) is 28.7. The molecule has 3 heterocycles. The predicted molar refractivity (Wildman–Crippen MR) is 133 cm³/mol. The lowest BCUT2D eigenvalue weighted by atomic mass is 9.83. The Morgan fingerprint density at radius 3 is 2.26 bits per heavy atom. The summed E-state index contributed by atoms with van der Waals surface area (Å²) >= 11 is 0. The number of hydrogen-bond acceptors (Lipinski definition) is 7. The number of ether oxygens (including phenoxy) is 2. The van der Waals surface area contributed by atoms with E-state index in [-0.39, 0.29) is 12.3 Å². The van der Waals surface area contributed by atoms with Gasteiger partial charge in [-0.2, -0.15) is 0 Å². The first-order valence-corrected chi connectivity index (χ1v) is 12.1. The third-order valence-corrected chi connectivity index (χ3v) is 7.02. The topological polar surface area (TPSA) is 55.8 Å². The van der Waals surface area contributed by atoms with E-state index in [9.17, 15) is 0 Å². The average molecular weight is 472 g/mol. The minimum atomic E-state index is -0.779. The van der Waals surface area contributed by atoms with Gasteiger partial charge in [0, 0.05) is 25.1 Å². The second kappa shape index (κ2) is 9.34. The van der Waals surface area contributed by atoms with Crippen molar-refractivity contribution in [2.75, 3.05) is 38.5 Å². The van der Waals surface area contributed by atoms with Crippen molar-refractivity contribution in [2.24, 2.45) is 5.16 Å². The van der Waals surface area contributed by atoms with Gasteiger partial charge in [0.15, 0.2) is 5.60 Å². The van der Waals surface area contributed by atoms with Gasteiger partial charge in [0.05, 0.1) is 32.1 Å². The van der Waals surface area contributed by atoms with Crippen LogP contribution in [0, 0.1) is 0 Å². The number of hydroxylamine groups is 1. The largest absolute Gasteiger partial charge is 0.497 e. The van der Waals surface area contributed by atoms with E-state index >= 15 is 0 Å². The molecule has 2 fully saturated rings. The molecular formula is C28H29N3O4. The van der Waals surface area contributed by atoms with E-state index in [2.05, 4.69) is 46.5 Å². The van der Waals surface area contributed by atoms with Crippen LogP contribution in [-0.4, -0.2) is 55.9 Å². The molecule has 6 rings (SSSR count). The Morgan fingerprint density at radius 2 is 1.57 bits per heavy atom. The zero-order chi connectivity index (χ0) is 23.7. The lowest BCUT2D eigenvalue weighted by Crippen LogP contribution is -2.57. The third kappa shape index (κ3) is 3.95. The Kier molecular flexibility index (Phi) is 5.90. The number of rotatable bonds is 5. The molecule has 3 aliphatic heterocycles. The van der Waals surface area contributed by atoms with E-state index in [1.165, 1.54) is 5.56 Å². The summed E-state index contributed by atoms with van der Waals surface area (Å²) in [6.07, 6.45) is 0.342. The van der Waals surface area contributed by atoms with Gasteiger partial charge < -0.3 is 14.3 Å². The first-order valence-electron chi connectivity index (χ1n) is 12.1. The maximum absolute atomic E-state index is 7.02. The number of oxime groups is 1. The van der Waals surface area contributed by atoms with E-state index in [0.29, 0.717) is 19.6 Å². The van der Waals surface area contributed by atoms with Crippen LogP contribution in [0.15, 0.2) is 90.1 Å². The van der Waals surface area contributed by atoms with Crippen LogP contribution in [0.3, 0.4) is 0 Å². The molecular weight excluding hydrogens is 442 g/mol. The SMILES string of the molecule is COc1ccc(N2O[C@@]3(C[C@@H]2c2ccccc2)C(c2ccccc2)=NO[C@@H]3N2CCOCC2)cc1. The molecule has 0 bridgehead atoms. The molecule has 35 heavy (non-hydrogen) atoms. The molecule has 3 atom stereocenters. The van der Waals surface area contributed by atoms with E-state index in [4.69, 9.17) is 19.1 Å². The fraction of sp³-hybridized carbons (Fsp3) is 0.321. The number of anilines is 1. The van der Waals surface area contributed by atoms with Crippen LogP contribution >= 0.6 is 0 Å². The van der Waals surface area contributed by atoms with Gasteiger partial charge in [-0.3, -0.25) is 9.74 Å². The summed E-state index contributed by atoms with van der Waals surface area (Å²) in [5, 5.41) is 6.67. The van der Waals surface area contributed by atoms with Crippen LogP contribution in [0.2, 0.25) is 0 Å². The average Bonchev–Trinajstić information content (AvgIpc) is 3.51. The van der Waals surface area contributed by atoms with Gasteiger partial charge in [0.1, 0.15) is 11.5 Å². The summed E-state index contributed by atoms with van der Waals surface area (Å²) in [4.78, 5) is 15.5. The van der Waals surface area contributed by atoms with Crippen molar-refractivity contribution >= 4 is 11.4 Å². The van der Waals surface area contributed by atoms with Crippen molar-refractivity contribution in [1.29, 1.82) is 0 Å². The molecule has 0 unspecified atom stereocenters. The smallest absolute Gasteiger partial charge is 0.219 e. The van der Waals surface area contributed by atoms with Gasteiger partial charge >= 0.3 is 0 Å². The van der Waals surface area contributed by atoms with Gasteiger partial charge in [-0.1, -0.05) is 65.8 Å². The monoisotopic (exact) mass is 471 g/mol. The molecule has 0 aromatic heterocycles. The highest BCUT2D eigenvalue weighted by atomic mass is 16.7. The van der Waals surface area contributed by atoms with E-state index in [1.54, 1.807) is 7.11 Å². The number of methoxy groups -OCH3 is 1. The number of morpholine rings is 1. The van der Waals surface area contributed by atoms with Crippen molar-refractivity contribution < 1.29 is 19.1 Å². The first-order chi connectivity index (χ1) is 17.3. The normalized spacial score (nSPS) is 26.5. The number of hydrogen-bond donors (Lipinski definition) is 0. The quantitative estimate of drug-likeness (QED) is 0.550. The fourth-order valence-electron chi connectivity index (χ4n) is 5.27. The van der Waals surface area contributed by atoms with Crippen molar-refractivity contribution in [3.05, 3.63) is 96.1 Å². The van der Waals surface area contributed by atoms with E-state index in [1.807, 2.05) is 53.6 Å². The molecule has 2 saturated heterocycles. The van der Waals surface area contributed by atoms with Crippen LogP contribution in [0.5, 0.6) is 5.75 Å². The van der Waals surface area contributed by atoms with Crippen LogP contribution in [0.4, 0.5) is 5.69 Å². The molecule has 7 heteroatoms. The van der Waals surface area contributed by atoms with Crippen molar-refractivity contribution in [1.82, 2.24) is 4.90 Å². The predicted octanol–water partition coefficient (Wildman–Crippen LogP) is 4.41. The van der Waals surface area contributed by atoms with Crippen molar-refractivity contribution in [2.45, 2.75) is 24.3 Å². The van der Waals surface area contributed by atoms with Crippen molar-refractivity contribution in [3.8, 4) is 5.75 Å². The maximum Gasteiger partial charge on any atom is 0.219 e. The maximum atomic E-state index is 7.02. The molecule has 7 nitrogen and oxygen atoms in total. The molecule has 180 valence electrons. The van der Waals surface area contributed by atoms with Crippen LogP contribution < -0.4 is 9.80 Å². The molecule has 3 aromatic rings. The lowest BCUT2D eigenvalue weighted by molar-refractivity contribution is -0.156. The van der Waals surface area contributed by atoms with Gasteiger partial charge in [-0.15, -0.1) is 0 Å². The zero-order valence-electron chi connectivity index (χ0n) is 19.7. The second-order valence-electron chi connectivity index (χ2n) is 9.05. The molecule has 0 aliphatic carbocycles. The van der Waals surface area contributed by atoms with Crippen LogP contribution in [0.25, 0.3) is 0 Å². The van der Waals surface area contributed by atoms with Gasteiger partial charge in [0.2, 0.25) is 6.23 Å². The highest BCUT2D eigenvalue weighted by Crippen LogP contribution is 2.50. The Balaban J connectivity index is 1.45. The molecule has 0 N–H and O–H groups in total. The minimum Gasteiger partial charge on any atom is -0.497 e. The molecule has 0 saturated carbocycles. The number of benzene rings is 3. The summed E-state index contributed by atoms with van der Waals surface area (Å²) < 4.78 is 11.0. The second-order valence-corrected chi connectivity index (χ2v) is 9.05. The van der Waals surface area contributed by atoms with Crippen LogP contribution in [-0.2, 0) is 14.4 Å². The number of nitrogens with zero attached hydrogens (tertiary/aromatic N) is 3. The van der Waals surface area contributed by atoms with E-state index < -0.39 is 5.60 Å². The highest BCUT2D eigenvalue weighted by Gasteiger charge is 2.61. The zero-order valence-corrected chi connectivity index (χ0v) is 19.7. The molecule has 3 aliphatic rings. The van der Waals surface area contributed by atoms with Crippen LogP contribution in [0.1, 0.15) is 23.6 Å². The summed E-state index contributed by atoms with van der Waals surface area (Å²) in [6.45, 7) is 2.87. The molecule has 0 radical (unpaired) electrons. The summed E-state index contributed by atoms with van der Waals surface area (Å²) in [7, 11) is 1.68. The van der Waals surface area contributed by atoms with E-state index in [0.717, 1.165) is 35.8 Å².